The van der Waals surface area contributed by atoms with E-state index in [2.05, 4.69) is 27.5 Å². The average molecular weight is 476 g/mol. The Morgan fingerprint density at radius 2 is 2.16 bits per heavy atom. The van der Waals surface area contributed by atoms with Crippen molar-refractivity contribution in [2.45, 2.75) is 26.8 Å². The van der Waals surface area contributed by atoms with Crippen molar-refractivity contribution in [1.82, 2.24) is 15.6 Å². The largest absolute Gasteiger partial charge is 0.508 e. The van der Waals surface area contributed by atoms with Gasteiger partial charge in [0.1, 0.15) is 11.5 Å². The highest BCUT2D eigenvalue weighted by molar-refractivity contribution is 14.0. The van der Waals surface area contributed by atoms with Crippen molar-refractivity contribution in [3.8, 4) is 11.5 Å². The Kier molecular flexibility index (Phi) is 9.58. The second-order valence-electron chi connectivity index (χ2n) is 5.23. The van der Waals surface area contributed by atoms with Crippen LogP contribution in [0.3, 0.4) is 0 Å². The molecular formula is C17H25IN4O2S. The van der Waals surface area contributed by atoms with Crippen LogP contribution in [0.25, 0.3) is 0 Å². The SMILES string of the molecule is CCNC(=NCc1cc(OC)ccc1O)NCCc1ncc(C)s1.I. The Morgan fingerprint density at radius 3 is 2.80 bits per heavy atom. The number of phenolic OH excluding ortho intramolecular Hbond substituents is 1. The molecule has 2 aromatic rings. The summed E-state index contributed by atoms with van der Waals surface area (Å²) < 4.78 is 5.18. The minimum atomic E-state index is 0. The van der Waals surface area contributed by atoms with E-state index in [9.17, 15) is 5.11 Å². The molecule has 0 fully saturated rings. The lowest BCUT2D eigenvalue weighted by Gasteiger charge is -2.11. The van der Waals surface area contributed by atoms with Crippen LogP contribution in [0.4, 0.5) is 0 Å². The maximum absolute atomic E-state index is 9.93. The van der Waals surface area contributed by atoms with E-state index < -0.39 is 0 Å². The molecule has 0 amide bonds. The van der Waals surface area contributed by atoms with Gasteiger partial charge in [0.05, 0.1) is 18.7 Å². The summed E-state index contributed by atoms with van der Waals surface area (Å²) in [4.78, 5) is 10.1. The first kappa shape index (κ1) is 21.5. The van der Waals surface area contributed by atoms with Crippen LogP contribution in [0.2, 0.25) is 0 Å². The zero-order valence-corrected chi connectivity index (χ0v) is 17.9. The van der Waals surface area contributed by atoms with Gasteiger partial charge >= 0.3 is 0 Å². The molecule has 2 rings (SSSR count). The van der Waals surface area contributed by atoms with Crippen LogP contribution in [-0.2, 0) is 13.0 Å². The number of ether oxygens (including phenoxy) is 1. The Labute approximate surface area is 169 Å². The van der Waals surface area contributed by atoms with E-state index in [1.54, 1.807) is 36.6 Å². The van der Waals surface area contributed by atoms with Crippen molar-refractivity contribution in [3.63, 3.8) is 0 Å². The highest BCUT2D eigenvalue weighted by atomic mass is 127. The third-order valence-electron chi connectivity index (χ3n) is 3.34. The Morgan fingerprint density at radius 1 is 1.36 bits per heavy atom. The summed E-state index contributed by atoms with van der Waals surface area (Å²) in [5, 5.41) is 17.5. The maximum Gasteiger partial charge on any atom is 0.191 e. The number of benzene rings is 1. The molecule has 0 spiro atoms. The lowest BCUT2D eigenvalue weighted by atomic mass is 10.2. The third kappa shape index (κ3) is 7.07. The molecule has 1 aromatic carbocycles. The molecule has 0 unspecified atom stereocenters. The molecule has 0 aliphatic carbocycles. The molecule has 0 saturated heterocycles. The highest BCUT2D eigenvalue weighted by Gasteiger charge is 2.05. The molecule has 3 N–H and O–H groups in total. The normalized spacial score (nSPS) is 10.9. The molecule has 0 radical (unpaired) electrons. The molecule has 0 aliphatic rings. The number of nitrogens with zero attached hydrogens (tertiary/aromatic N) is 2. The molecule has 25 heavy (non-hydrogen) atoms. The predicted molar refractivity (Wildman–Crippen MR) is 113 cm³/mol. The summed E-state index contributed by atoms with van der Waals surface area (Å²) in [5.74, 6) is 1.64. The van der Waals surface area contributed by atoms with Crippen LogP contribution in [0.15, 0.2) is 29.4 Å². The lowest BCUT2D eigenvalue weighted by Crippen LogP contribution is -2.38. The highest BCUT2D eigenvalue weighted by Crippen LogP contribution is 2.23. The number of nitrogens with one attached hydrogen (secondary N) is 2. The Bertz CT molecular complexity index is 691. The number of hydrogen-bond donors (Lipinski definition) is 3. The van der Waals surface area contributed by atoms with Crippen LogP contribution in [0.1, 0.15) is 22.4 Å². The zero-order valence-electron chi connectivity index (χ0n) is 14.7. The van der Waals surface area contributed by atoms with E-state index in [4.69, 9.17) is 4.74 Å². The monoisotopic (exact) mass is 476 g/mol. The molecule has 0 bridgehead atoms. The first-order chi connectivity index (χ1) is 11.6. The predicted octanol–water partition coefficient (Wildman–Crippen LogP) is 3.08. The summed E-state index contributed by atoms with van der Waals surface area (Å²) in [5.41, 5.74) is 0.724. The first-order valence-electron chi connectivity index (χ1n) is 7.91. The fourth-order valence-corrected chi connectivity index (χ4v) is 2.91. The number of aromatic nitrogens is 1. The van der Waals surface area contributed by atoms with E-state index in [-0.39, 0.29) is 29.7 Å². The molecule has 1 aromatic heterocycles. The number of aryl methyl sites for hydroxylation is 1. The minimum absolute atomic E-state index is 0. The van der Waals surface area contributed by atoms with Gasteiger partial charge in [-0.2, -0.15) is 0 Å². The smallest absolute Gasteiger partial charge is 0.191 e. The lowest BCUT2D eigenvalue weighted by molar-refractivity contribution is 0.411. The number of phenols is 1. The summed E-state index contributed by atoms with van der Waals surface area (Å²) in [6, 6.07) is 5.14. The van der Waals surface area contributed by atoms with Crippen LogP contribution < -0.4 is 15.4 Å². The van der Waals surface area contributed by atoms with Crippen molar-refractivity contribution in [1.29, 1.82) is 0 Å². The Hall–Kier alpha value is -1.55. The van der Waals surface area contributed by atoms with Crippen molar-refractivity contribution < 1.29 is 9.84 Å². The molecule has 138 valence electrons. The standard InChI is InChI=1S/C17H24N4O2S.HI/c1-4-18-17(19-8-7-16-20-10-12(2)24-16)21-11-13-9-14(23-3)5-6-15(13)22;/h5-6,9-10,22H,4,7-8,11H2,1-3H3,(H2,18,19,21);1H. The van der Waals surface area contributed by atoms with Gasteiger partial charge in [-0.3, -0.25) is 0 Å². The number of guanidine groups is 1. The molecular weight excluding hydrogens is 451 g/mol. The molecule has 0 saturated carbocycles. The van der Waals surface area contributed by atoms with Gasteiger partial charge in [-0.05, 0) is 32.0 Å². The topological polar surface area (TPSA) is 78.8 Å². The number of thiazole rings is 1. The number of halogens is 1. The second kappa shape index (κ2) is 11.1. The van der Waals surface area contributed by atoms with Gasteiger partial charge in [0.25, 0.3) is 0 Å². The minimum Gasteiger partial charge on any atom is -0.508 e. The summed E-state index contributed by atoms with van der Waals surface area (Å²) in [6.07, 6.45) is 2.75. The number of rotatable bonds is 7. The van der Waals surface area contributed by atoms with E-state index in [1.165, 1.54) is 4.88 Å². The maximum atomic E-state index is 9.93. The van der Waals surface area contributed by atoms with E-state index in [0.29, 0.717) is 18.3 Å². The number of aromatic hydroxyl groups is 1. The van der Waals surface area contributed by atoms with Gasteiger partial charge in [-0.25, -0.2) is 9.98 Å². The molecule has 1 heterocycles. The number of methoxy groups -OCH3 is 1. The summed E-state index contributed by atoms with van der Waals surface area (Å²) in [6.45, 7) is 5.97. The Balaban J connectivity index is 0.00000312. The van der Waals surface area contributed by atoms with Gasteiger partial charge in [-0.15, -0.1) is 35.3 Å². The average Bonchev–Trinajstić information content (AvgIpc) is 2.99. The van der Waals surface area contributed by atoms with Crippen molar-refractivity contribution in [3.05, 3.63) is 39.8 Å². The van der Waals surface area contributed by atoms with Gasteiger partial charge in [0, 0.05) is 36.1 Å². The number of aliphatic imine (C=N–C) groups is 1. The van der Waals surface area contributed by atoms with Gasteiger partial charge in [-0.1, -0.05) is 0 Å². The van der Waals surface area contributed by atoms with Gasteiger partial charge < -0.3 is 20.5 Å². The number of hydrogen-bond acceptors (Lipinski definition) is 5. The zero-order chi connectivity index (χ0) is 17.4. The van der Waals surface area contributed by atoms with Crippen molar-refractivity contribution in [2.75, 3.05) is 20.2 Å². The fourth-order valence-electron chi connectivity index (χ4n) is 2.13. The first-order valence-corrected chi connectivity index (χ1v) is 8.73. The quantitative estimate of drug-likeness (QED) is 0.325. The van der Waals surface area contributed by atoms with Gasteiger partial charge in [0.15, 0.2) is 5.96 Å². The van der Waals surface area contributed by atoms with Crippen molar-refractivity contribution in [2.24, 2.45) is 4.99 Å². The fraction of sp³-hybridized carbons (Fsp3) is 0.412. The molecule has 6 nitrogen and oxygen atoms in total. The van der Waals surface area contributed by atoms with E-state index in [0.717, 1.165) is 30.1 Å². The van der Waals surface area contributed by atoms with Crippen LogP contribution in [0, 0.1) is 6.92 Å². The third-order valence-corrected chi connectivity index (χ3v) is 4.31. The molecule has 8 heteroatoms. The van der Waals surface area contributed by atoms with E-state index in [1.807, 2.05) is 13.1 Å². The van der Waals surface area contributed by atoms with Crippen molar-refractivity contribution >= 4 is 41.3 Å². The van der Waals surface area contributed by atoms with Gasteiger partial charge in [0.2, 0.25) is 0 Å². The van der Waals surface area contributed by atoms with E-state index >= 15 is 0 Å². The molecule has 0 aliphatic heterocycles. The van der Waals surface area contributed by atoms with Crippen LogP contribution in [-0.4, -0.2) is 36.2 Å². The second-order valence-corrected chi connectivity index (χ2v) is 6.55. The molecule has 0 atom stereocenters. The van der Waals surface area contributed by atoms with Crippen LogP contribution in [0.5, 0.6) is 11.5 Å². The van der Waals surface area contributed by atoms with Crippen LogP contribution >= 0.6 is 35.3 Å². The summed E-state index contributed by atoms with van der Waals surface area (Å²) >= 11 is 1.71. The summed E-state index contributed by atoms with van der Waals surface area (Å²) in [7, 11) is 1.60.